The van der Waals surface area contributed by atoms with Crippen LogP contribution in [0.1, 0.15) is 35.4 Å². The first kappa shape index (κ1) is 16.5. The number of hydrogen-bond acceptors (Lipinski definition) is 6. The van der Waals surface area contributed by atoms with Gasteiger partial charge in [0.25, 0.3) is 0 Å². The molecule has 0 heterocycles. The van der Waals surface area contributed by atoms with E-state index in [1.807, 2.05) is 0 Å². The summed E-state index contributed by atoms with van der Waals surface area (Å²) in [6.45, 7) is 1.42. The first-order chi connectivity index (χ1) is 9.34. The third-order valence-electron chi connectivity index (χ3n) is 2.77. The van der Waals surface area contributed by atoms with Crippen molar-refractivity contribution in [2.24, 2.45) is 0 Å². The fraction of sp³-hybridized carbons (Fsp3) is 0.385. The minimum atomic E-state index is -1.29. The monoisotopic (exact) mass is 299 g/mol. The molecule has 0 bridgehead atoms. The van der Waals surface area contributed by atoms with Gasteiger partial charge < -0.3 is 21.1 Å². The van der Waals surface area contributed by atoms with Crippen molar-refractivity contribution in [3.63, 3.8) is 0 Å². The van der Waals surface area contributed by atoms with E-state index >= 15 is 0 Å². The topological polar surface area (TPSA) is 121 Å². The number of thioether (sulfide) groups is 1. The van der Waals surface area contributed by atoms with E-state index in [0.717, 1.165) is 11.8 Å². The first-order valence-electron chi connectivity index (χ1n) is 5.95. The predicted octanol–water partition coefficient (Wildman–Crippen LogP) is 1.03. The Morgan fingerprint density at radius 3 is 2.55 bits per heavy atom. The molecule has 0 saturated heterocycles. The molecule has 2 atom stereocenters. The molecule has 0 aliphatic rings. The molecule has 0 amide bonds. The second-order valence-corrected chi connectivity index (χ2v) is 5.53. The zero-order valence-corrected chi connectivity index (χ0v) is 11.8. The highest BCUT2D eigenvalue weighted by Crippen LogP contribution is 2.28. The Bertz CT molecular complexity index is 506. The van der Waals surface area contributed by atoms with Gasteiger partial charge in [0, 0.05) is 18.2 Å². The van der Waals surface area contributed by atoms with Crippen molar-refractivity contribution >= 4 is 28.5 Å². The number of carbonyl (C=O) groups excluding carboxylic acids is 1. The van der Waals surface area contributed by atoms with Gasteiger partial charge in [0.1, 0.15) is 6.10 Å². The number of carboxylic acids is 1. The van der Waals surface area contributed by atoms with Crippen molar-refractivity contribution in [3.8, 4) is 0 Å². The van der Waals surface area contributed by atoms with Crippen LogP contribution in [0.4, 0.5) is 5.69 Å². The number of nitrogens with two attached hydrogens (primary N) is 1. The Morgan fingerprint density at radius 2 is 2.00 bits per heavy atom. The number of para-hydroxylation sites is 1. The number of carboxylic acid groups (broad SMARTS) is 1. The molecule has 0 spiro atoms. The summed E-state index contributed by atoms with van der Waals surface area (Å²) in [6.07, 6.45) is -2.21. The molecule has 1 aromatic carbocycles. The second-order valence-electron chi connectivity index (χ2n) is 4.25. The van der Waals surface area contributed by atoms with Gasteiger partial charge >= 0.3 is 5.97 Å². The van der Waals surface area contributed by atoms with Crippen molar-refractivity contribution < 1.29 is 24.9 Å². The van der Waals surface area contributed by atoms with Crippen LogP contribution in [0, 0.1) is 0 Å². The highest BCUT2D eigenvalue weighted by Gasteiger charge is 2.23. The Morgan fingerprint density at radius 1 is 1.35 bits per heavy atom. The molecule has 0 fully saturated rings. The number of aliphatic hydroxyl groups excluding tert-OH is 2. The van der Waals surface area contributed by atoms with E-state index in [2.05, 4.69) is 0 Å². The Hall–Kier alpha value is -1.57. The molecule has 6 nitrogen and oxygen atoms in total. The van der Waals surface area contributed by atoms with Crippen LogP contribution in [0.2, 0.25) is 0 Å². The van der Waals surface area contributed by atoms with Crippen molar-refractivity contribution in [2.75, 3.05) is 11.5 Å². The van der Waals surface area contributed by atoms with Crippen LogP contribution in [0.5, 0.6) is 0 Å². The largest absolute Gasteiger partial charge is 0.478 e. The van der Waals surface area contributed by atoms with Gasteiger partial charge in [-0.15, -0.1) is 0 Å². The van der Waals surface area contributed by atoms with E-state index in [4.69, 9.17) is 10.8 Å². The van der Waals surface area contributed by atoms with Crippen LogP contribution in [0.25, 0.3) is 0 Å². The van der Waals surface area contributed by atoms with Crippen LogP contribution in [0.15, 0.2) is 18.2 Å². The maximum Gasteiger partial charge on any atom is 0.337 e. The van der Waals surface area contributed by atoms with Gasteiger partial charge in [-0.3, -0.25) is 4.79 Å². The maximum atomic E-state index is 10.9. The van der Waals surface area contributed by atoms with Crippen molar-refractivity contribution in [1.29, 1.82) is 0 Å². The van der Waals surface area contributed by atoms with Crippen LogP contribution in [0.3, 0.4) is 0 Å². The van der Waals surface area contributed by atoms with Gasteiger partial charge in [-0.2, -0.15) is 0 Å². The minimum absolute atomic E-state index is 0.0641. The lowest BCUT2D eigenvalue weighted by Crippen LogP contribution is -2.21. The summed E-state index contributed by atoms with van der Waals surface area (Å²) in [5, 5.41) is 28.8. The average molecular weight is 299 g/mol. The van der Waals surface area contributed by atoms with Gasteiger partial charge in [0.2, 0.25) is 0 Å². The zero-order chi connectivity index (χ0) is 15.3. The molecule has 0 saturated carbocycles. The van der Waals surface area contributed by atoms with Gasteiger partial charge in [-0.05, 0) is 12.5 Å². The molecule has 0 aliphatic carbocycles. The van der Waals surface area contributed by atoms with E-state index < -0.39 is 18.2 Å². The van der Waals surface area contributed by atoms with Gasteiger partial charge in [-0.1, -0.05) is 23.9 Å². The van der Waals surface area contributed by atoms with E-state index in [1.165, 1.54) is 25.1 Å². The van der Waals surface area contributed by atoms with Crippen LogP contribution in [-0.2, 0) is 4.79 Å². The molecule has 20 heavy (non-hydrogen) atoms. The van der Waals surface area contributed by atoms with Crippen molar-refractivity contribution in [2.45, 2.75) is 25.6 Å². The van der Waals surface area contributed by atoms with Crippen LogP contribution >= 0.6 is 11.8 Å². The number of aliphatic hydroxyl groups is 2. The molecule has 0 aromatic heterocycles. The quantitative estimate of drug-likeness (QED) is 0.579. The number of nitrogen functional groups attached to an aromatic ring is 1. The van der Waals surface area contributed by atoms with E-state index in [0.29, 0.717) is 5.75 Å². The third kappa shape index (κ3) is 4.22. The predicted molar refractivity (Wildman–Crippen MR) is 76.5 cm³/mol. The van der Waals surface area contributed by atoms with E-state index in [1.54, 1.807) is 0 Å². The number of hydrogen-bond donors (Lipinski definition) is 4. The highest BCUT2D eigenvalue weighted by atomic mass is 32.2. The Kier molecular flexibility index (Phi) is 6.00. The number of benzene rings is 1. The maximum absolute atomic E-state index is 10.9. The van der Waals surface area contributed by atoms with Gasteiger partial charge in [0.15, 0.2) is 5.12 Å². The van der Waals surface area contributed by atoms with E-state index in [-0.39, 0.29) is 28.4 Å². The number of aromatic carboxylic acids is 1. The Balaban J connectivity index is 2.81. The molecule has 0 radical (unpaired) electrons. The lowest BCUT2D eigenvalue weighted by atomic mass is 9.98. The van der Waals surface area contributed by atoms with Crippen molar-refractivity contribution in [3.05, 3.63) is 29.3 Å². The number of carbonyl (C=O) groups is 2. The fourth-order valence-corrected chi connectivity index (χ4v) is 2.36. The summed E-state index contributed by atoms with van der Waals surface area (Å²) in [4.78, 5) is 21.7. The molecular formula is C13H17NO5S. The second kappa shape index (κ2) is 7.28. The molecule has 1 aromatic rings. The minimum Gasteiger partial charge on any atom is -0.478 e. The SMILES string of the molecule is CC(=O)SCCC(O)C(O)c1cccc(C(=O)O)c1N. The lowest BCUT2D eigenvalue weighted by Gasteiger charge is -2.20. The normalized spacial score (nSPS) is 13.8. The van der Waals surface area contributed by atoms with E-state index in [9.17, 15) is 19.8 Å². The molecule has 7 heteroatoms. The molecule has 1 rings (SSSR count). The average Bonchev–Trinajstić information content (AvgIpc) is 2.37. The highest BCUT2D eigenvalue weighted by molar-refractivity contribution is 8.13. The standard InChI is InChI=1S/C13H17NO5S/c1-7(15)20-6-5-10(16)12(17)8-3-2-4-9(11(8)14)13(18)19/h2-4,10,12,16-17H,5-6,14H2,1H3,(H,18,19). The zero-order valence-electron chi connectivity index (χ0n) is 10.9. The molecule has 2 unspecified atom stereocenters. The summed E-state index contributed by atoms with van der Waals surface area (Å²) >= 11 is 1.05. The molecule has 0 aliphatic heterocycles. The van der Waals surface area contributed by atoms with Gasteiger partial charge in [-0.25, -0.2) is 4.79 Å². The summed E-state index contributed by atoms with van der Waals surface area (Å²) in [5.74, 6) is -0.829. The Labute approximate surface area is 120 Å². The molecule has 110 valence electrons. The lowest BCUT2D eigenvalue weighted by molar-refractivity contribution is -0.109. The molecular weight excluding hydrogens is 282 g/mol. The third-order valence-corrected chi connectivity index (χ3v) is 3.62. The van der Waals surface area contributed by atoms with Crippen LogP contribution < -0.4 is 5.73 Å². The summed E-state index contributed by atoms with van der Waals surface area (Å²) in [6, 6.07) is 4.25. The van der Waals surface area contributed by atoms with Crippen molar-refractivity contribution in [1.82, 2.24) is 0 Å². The number of rotatable bonds is 6. The smallest absolute Gasteiger partial charge is 0.337 e. The van der Waals surface area contributed by atoms with Crippen LogP contribution in [-0.4, -0.2) is 38.3 Å². The first-order valence-corrected chi connectivity index (χ1v) is 6.94. The summed E-state index contributed by atoms with van der Waals surface area (Å²) < 4.78 is 0. The van der Waals surface area contributed by atoms with Gasteiger partial charge in [0.05, 0.1) is 17.4 Å². The fourth-order valence-electron chi connectivity index (χ4n) is 1.72. The summed E-state index contributed by atoms with van der Waals surface area (Å²) in [7, 11) is 0. The number of anilines is 1. The molecule has 5 N–H and O–H groups in total. The summed E-state index contributed by atoms with van der Waals surface area (Å²) in [5.41, 5.74) is 5.68.